The van der Waals surface area contributed by atoms with Gasteiger partial charge in [0.05, 0.1) is 59.2 Å². The van der Waals surface area contributed by atoms with E-state index in [0.29, 0.717) is 27.3 Å². The van der Waals surface area contributed by atoms with Gasteiger partial charge in [-0.15, -0.1) is 11.3 Å². The summed E-state index contributed by atoms with van der Waals surface area (Å²) in [6.45, 7) is 0. The molecule has 3 aromatic heterocycles. The lowest BCUT2D eigenvalue weighted by Crippen LogP contribution is -2.37. The molecule has 0 atom stereocenters. The minimum atomic E-state index is -0.781. The lowest BCUT2D eigenvalue weighted by molar-refractivity contribution is 0.0897. The first-order valence-electron chi connectivity index (χ1n) is 12.5. The van der Waals surface area contributed by atoms with Gasteiger partial charge in [0.1, 0.15) is 0 Å². The number of anilines is 1. The highest BCUT2D eigenvalue weighted by atomic mass is 35.5. The molecule has 0 aliphatic carbocycles. The van der Waals surface area contributed by atoms with Gasteiger partial charge in [-0.05, 0) is 53.9 Å². The lowest BCUT2D eigenvalue weighted by atomic mass is 10.1. The molecule has 0 spiro atoms. The summed E-state index contributed by atoms with van der Waals surface area (Å²) in [4.78, 5) is 47.1. The van der Waals surface area contributed by atoms with Crippen LogP contribution in [0.2, 0.25) is 20.1 Å². The van der Waals surface area contributed by atoms with E-state index in [1.807, 2.05) is 5.38 Å². The van der Waals surface area contributed by atoms with Crippen LogP contribution in [-0.4, -0.2) is 32.2 Å². The molecule has 0 aliphatic heterocycles. The molecule has 0 saturated carbocycles. The largest absolute Gasteiger partial charge is 0.287 e. The van der Waals surface area contributed by atoms with Crippen molar-refractivity contribution in [1.82, 2.24) is 14.6 Å². The maximum absolute atomic E-state index is 14.1. The number of benzene rings is 3. The van der Waals surface area contributed by atoms with E-state index in [9.17, 15) is 14.4 Å². The molecule has 6 rings (SSSR count). The predicted molar refractivity (Wildman–Crippen MR) is 170 cm³/mol. The van der Waals surface area contributed by atoms with Crippen LogP contribution in [0.5, 0.6) is 0 Å². The number of ketones is 1. The molecule has 0 saturated heterocycles. The first-order chi connectivity index (χ1) is 20.8. The zero-order valence-electron chi connectivity index (χ0n) is 21.7. The van der Waals surface area contributed by atoms with Gasteiger partial charge in [0.25, 0.3) is 11.8 Å². The number of rotatable bonds is 6. The maximum Gasteiger partial charge on any atom is 0.268 e. The summed E-state index contributed by atoms with van der Waals surface area (Å²) < 4.78 is 1.53. The quantitative estimate of drug-likeness (QED) is 0.131. The van der Waals surface area contributed by atoms with Gasteiger partial charge in [0, 0.05) is 11.8 Å². The Hall–Kier alpha value is -4.05. The smallest absolute Gasteiger partial charge is 0.268 e. The van der Waals surface area contributed by atoms with Crippen molar-refractivity contribution >= 4 is 86.7 Å². The highest BCUT2D eigenvalue weighted by molar-refractivity contribution is 7.12. The van der Waals surface area contributed by atoms with Crippen molar-refractivity contribution in [1.29, 1.82) is 0 Å². The number of hydrogen-bond donors (Lipinski definition) is 0. The minimum Gasteiger partial charge on any atom is -0.287 e. The number of carbonyl (C=O) groups is 3. The van der Waals surface area contributed by atoms with E-state index in [1.54, 1.807) is 60.8 Å². The maximum atomic E-state index is 14.1. The molecule has 0 unspecified atom stereocenters. The van der Waals surface area contributed by atoms with Crippen LogP contribution in [0.4, 0.5) is 5.69 Å². The number of halogens is 4. The van der Waals surface area contributed by atoms with Crippen molar-refractivity contribution < 1.29 is 14.4 Å². The fourth-order valence-corrected chi connectivity index (χ4v) is 6.37. The Morgan fingerprint density at radius 1 is 0.744 bits per heavy atom. The predicted octanol–water partition coefficient (Wildman–Crippen LogP) is 8.79. The third-order valence-electron chi connectivity index (χ3n) is 6.55. The van der Waals surface area contributed by atoms with Gasteiger partial charge in [0.2, 0.25) is 5.78 Å². The van der Waals surface area contributed by atoms with Gasteiger partial charge < -0.3 is 0 Å². The van der Waals surface area contributed by atoms with E-state index >= 15 is 0 Å². The molecular weight excluding hydrogens is 650 g/mol. The molecule has 0 bridgehead atoms. The molecule has 7 nitrogen and oxygen atoms in total. The van der Waals surface area contributed by atoms with Crippen LogP contribution >= 0.6 is 57.7 Å². The Morgan fingerprint density at radius 2 is 1.35 bits per heavy atom. The molecule has 2 amide bonds. The van der Waals surface area contributed by atoms with E-state index in [0.717, 1.165) is 4.90 Å². The Morgan fingerprint density at radius 3 is 1.93 bits per heavy atom. The van der Waals surface area contributed by atoms with Crippen LogP contribution < -0.4 is 4.90 Å². The first-order valence-corrected chi connectivity index (χ1v) is 14.9. The number of carbonyl (C=O) groups excluding carboxylic acids is 3. The second-order valence-electron chi connectivity index (χ2n) is 9.12. The summed E-state index contributed by atoms with van der Waals surface area (Å²) in [5.41, 5.74) is 1.88. The summed E-state index contributed by atoms with van der Waals surface area (Å²) in [6, 6.07) is 21.1. The van der Waals surface area contributed by atoms with E-state index in [-0.39, 0.29) is 42.7 Å². The molecule has 3 aromatic carbocycles. The molecule has 0 fully saturated rings. The zero-order chi connectivity index (χ0) is 30.2. The fraction of sp³-hybridized carbons (Fsp3) is 0. The molecule has 12 heteroatoms. The molecule has 43 heavy (non-hydrogen) atoms. The van der Waals surface area contributed by atoms with Crippen LogP contribution in [0, 0.1) is 0 Å². The highest BCUT2D eigenvalue weighted by Crippen LogP contribution is 2.34. The van der Waals surface area contributed by atoms with Gasteiger partial charge >= 0.3 is 0 Å². The average Bonchev–Trinajstić information content (AvgIpc) is 3.68. The minimum absolute atomic E-state index is 0.0621. The number of aromatic nitrogens is 3. The Labute approximate surface area is 268 Å². The van der Waals surface area contributed by atoms with Crippen LogP contribution in [-0.2, 0) is 0 Å². The van der Waals surface area contributed by atoms with Gasteiger partial charge in [-0.2, -0.15) is 5.10 Å². The van der Waals surface area contributed by atoms with Gasteiger partial charge in [-0.3, -0.25) is 14.4 Å². The molecular formula is C31H16Cl4N4O3S. The number of hydrogen-bond acceptors (Lipinski definition) is 6. The molecule has 0 aliphatic rings. The third kappa shape index (κ3) is 5.33. The van der Waals surface area contributed by atoms with E-state index in [4.69, 9.17) is 46.4 Å². The van der Waals surface area contributed by atoms with Gasteiger partial charge in [-0.1, -0.05) is 76.7 Å². The number of amides is 2. The standard InChI is InChI=1S/C31H16Cl4N4O3S/c32-20-7-2-8-21(33)26(20)30(41)38(31(42)27-22(34)9-3-10-23(27)35)18-6-1-5-17(15-18)24-12-13-36-29-19(16-37-39(24)29)28(40)25-11-4-14-43-25/h1-16H. The monoisotopic (exact) mass is 664 g/mol. The molecule has 0 radical (unpaired) electrons. The van der Waals surface area contributed by atoms with Crippen molar-refractivity contribution in [3.05, 3.63) is 138 Å². The van der Waals surface area contributed by atoms with E-state index in [2.05, 4.69) is 10.1 Å². The van der Waals surface area contributed by atoms with Crippen LogP contribution in [0.25, 0.3) is 16.9 Å². The number of fused-ring (bicyclic) bond motifs is 1. The van der Waals surface area contributed by atoms with Crippen LogP contribution in [0.15, 0.2) is 96.6 Å². The summed E-state index contributed by atoms with van der Waals surface area (Å²) in [5, 5.41) is 6.50. The second-order valence-corrected chi connectivity index (χ2v) is 11.7. The van der Waals surface area contributed by atoms with Crippen LogP contribution in [0.1, 0.15) is 36.0 Å². The van der Waals surface area contributed by atoms with Gasteiger partial charge in [-0.25, -0.2) is 14.4 Å². The van der Waals surface area contributed by atoms with Crippen molar-refractivity contribution in [3.63, 3.8) is 0 Å². The summed E-state index contributed by atoms with van der Waals surface area (Å²) in [5.74, 6) is -1.76. The summed E-state index contributed by atoms with van der Waals surface area (Å²) in [7, 11) is 0. The van der Waals surface area contributed by atoms with E-state index < -0.39 is 11.8 Å². The lowest BCUT2D eigenvalue weighted by Gasteiger charge is -2.24. The zero-order valence-corrected chi connectivity index (χ0v) is 25.5. The Kier molecular flexibility index (Phi) is 8.05. The molecule has 212 valence electrons. The third-order valence-corrected chi connectivity index (χ3v) is 8.68. The fourth-order valence-electron chi connectivity index (χ4n) is 4.57. The summed E-state index contributed by atoms with van der Waals surface area (Å²) in [6.07, 6.45) is 3.03. The molecule has 3 heterocycles. The van der Waals surface area contributed by atoms with Crippen molar-refractivity contribution in [3.8, 4) is 11.3 Å². The SMILES string of the molecule is O=C(c1cccs1)c1cnn2c(-c3cccc(N(C(=O)c4c(Cl)cccc4Cl)C(=O)c4c(Cl)cccc4Cl)c3)ccnc12. The van der Waals surface area contributed by atoms with Gasteiger partial charge in [0.15, 0.2) is 5.65 Å². The Bertz CT molecular complexity index is 1960. The van der Waals surface area contributed by atoms with Crippen molar-refractivity contribution in [2.24, 2.45) is 0 Å². The number of imide groups is 1. The summed E-state index contributed by atoms with van der Waals surface area (Å²) >= 11 is 26.9. The normalized spacial score (nSPS) is 11.1. The number of thiophene rings is 1. The topological polar surface area (TPSA) is 84.6 Å². The Balaban J connectivity index is 1.50. The highest BCUT2D eigenvalue weighted by Gasteiger charge is 2.32. The molecule has 6 aromatic rings. The molecule has 0 N–H and O–H groups in total. The van der Waals surface area contributed by atoms with Crippen molar-refractivity contribution in [2.45, 2.75) is 0 Å². The number of nitrogens with zero attached hydrogens (tertiary/aromatic N) is 4. The first kappa shape index (κ1) is 29.0. The van der Waals surface area contributed by atoms with Crippen molar-refractivity contribution in [2.75, 3.05) is 4.90 Å². The van der Waals surface area contributed by atoms with Crippen LogP contribution in [0.3, 0.4) is 0 Å². The van der Waals surface area contributed by atoms with E-state index in [1.165, 1.54) is 46.3 Å². The second kappa shape index (κ2) is 11.9. The average molecular weight is 666 g/mol.